The molecular weight excluding hydrogens is 162 g/mol. The average Bonchev–Trinajstić information content (AvgIpc) is 2.38. The monoisotopic (exact) mass is 173 g/mol. The molecule has 0 radical (unpaired) electrons. The summed E-state index contributed by atoms with van der Waals surface area (Å²) < 4.78 is 0. The summed E-state index contributed by atoms with van der Waals surface area (Å²) in [5, 5.41) is 8.14. The van der Waals surface area contributed by atoms with Crippen LogP contribution in [0.2, 0.25) is 0 Å². The van der Waals surface area contributed by atoms with Crippen molar-refractivity contribution in [1.29, 1.82) is 0 Å². The van der Waals surface area contributed by atoms with E-state index in [1.165, 1.54) is 0 Å². The Bertz CT molecular complexity index is 434. The molecule has 0 unspecified atom stereocenters. The summed E-state index contributed by atoms with van der Waals surface area (Å²) in [6.45, 7) is 0.401. The van der Waals surface area contributed by atoms with Crippen LogP contribution in [0, 0.1) is 0 Å². The van der Waals surface area contributed by atoms with Crippen LogP contribution in [0.1, 0.15) is 0 Å². The SMILES string of the molecule is NCN1C=CC=c2ccccc2=N1. The summed E-state index contributed by atoms with van der Waals surface area (Å²) in [5.41, 5.74) is 5.50. The molecule has 1 aromatic carbocycles. The highest BCUT2D eigenvalue weighted by Crippen LogP contribution is 1.89. The number of nitrogens with zero attached hydrogens (tertiary/aromatic N) is 2. The van der Waals surface area contributed by atoms with Crippen LogP contribution in [0.3, 0.4) is 0 Å². The molecule has 1 aromatic rings. The van der Waals surface area contributed by atoms with Gasteiger partial charge in [0.25, 0.3) is 0 Å². The van der Waals surface area contributed by atoms with Crippen molar-refractivity contribution in [3.8, 4) is 0 Å². The Morgan fingerprint density at radius 3 is 3.00 bits per heavy atom. The van der Waals surface area contributed by atoms with E-state index < -0.39 is 0 Å². The van der Waals surface area contributed by atoms with Gasteiger partial charge in [-0.2, -0.15) is 5.10 Å². The van der Waals surface area contributed by atoms with E-state index in [4.69, 9.17) is 5.73 Å². The quantitative estimate of drug-likeness (QED) is 0.636. The molecule has 1 heterocycles. The van der Waals surface area contributed by atoms with Crippen LogP contribution >= 0.6 is 0 Å². The molecule has 1 aliphatic rings. The van der Waals surface area contributed by atoms with Crippen LogP contribution in [0.5, 0.6) is 0 Å². The molecule has 0 bridgehead atoms. The van der Waals surface area contributed by atoms with Gasteiger partial charge >= 0.3 is 0 Å². The Kier molecular flexibility index (Phi) is 2.10. The Morgan fingerprint density at radius 1 is 1.31 bits per heavy atom. The molecule has 0 aromatic heterocycles. The third kappa shape index (κ3) is 1.60. The van der Waals surface area contributed by atoms with Crippen LogP contribution in [-0.2, 0) is 0 Å². The van der Waals surface area contributed by atoms with Crippen molar-refractivity contribution in [2.75, 3.05) is 6.67 Å². The van der Waals surface area contributed by atoms with E-state index in [2.05, 4.69) is 5.10 Å². The molecule has 0 saturated carbocycles. The lowest BCUT2D eigenvalue weighted by molar-refractivity contribution is 0.398. The predicted octanol–water partition coefficient (Wildman–Crippen LogP) is -0.253. The first-order valence-electron chi connectivity index (χ1n) is 4.19. The van der Waals surface area contributed by atoms with Gasteiger partial charge in [-0.15, -0.1) is 0 Å². The molecule has 0 spiro atoms. The Balaban J connectivity index is 2.62. The molecule has 2 N–H and O–H groups in total. The molecule has 66 valence electrons. The first-order chi connectivity index (χ1) is 6.40. The Labute approximate surface area is 76.5 Å². The van der Waals surface area contributed by atoms with Crippen LogP contribution in [-0.4, -0.2) is 11.7 Å². The summed E-state index contributed by atoms with van der Waals surface area (Å²) in [6.07, 6.45) is 5.83. The van der Waals surface area contributed by atoms with E-state index in [1.807, 2.05) is 42.6 Å². The van der Waals surface area contributed by atoms with Gasteiger partial charge in [0.05, 0.1) is 12.0 Å². The maximum absolute atomic E-state index is 5.50. The van der Waals surface area contributed by atoms with Crippen molar-refractivity contribution < 1.29 is 0 Å². The second kappa shape index (κ2) is 3.41. The number of hydrogen-bond donors (Lipinski definition) is 1. The summed E-state index contributed by atoms with van der Waals surface area (Å²) >= 11 is 0. The van der Waals surface area contributed by atoms with Crippen LogP contribution in [0.4, 0.5) is 0 Å². The van der Waals surface area contributed by atoms with Crippen molar-refractivity contribution in [3.63, 3.8) is 0 Å². The number of nitrogens with two attached hydrogens (primary N) is 1. The average molecular weight is 173 g/mol. The topological polar surface area (TPSA) is 41.6 Å². The van der Waals surface area contributed by atoms with E-state index in [-0.39, 0.29) is 0 Å². The van der Waals surface area contributed by atoms with E-state index in [0.717, 1.165) is 10.6 Å². The number of allylic oxidation sites excluding steroid dienone is 1. The third-order valence-electron chi connectivity index (χ3n) is 1.89. The minimum Gasteiger partial charge on any atom is -0.312 e. The summed E-state index contributed by atoms with van der Waals surface area (Å²) in [5.74, 6) is 0. The third-order valence-corrected chi connectivity index (χ3v) is 1.89. The highest BCUT2D eigenvalue weighted by molar-refractivity contribution is 5.36. The number of fused-ring (bicyclic) bond motifs is 1. The minimum atomic E-state index is 0.401. The zero-order valence-corrected chi connectivity index (χ0v) is 7.22. The fourth-order valence-electron chi connectivity index (χ4n) is 1.24. The van der Waals surface area contributed by atoms with Gasteiger partial charge in [0.1, 0.15) is 0 Å². The maximum atomic E-state index is 5.50. The fraction of sp³-hybridized carbons (Fsp3) is 0.100. The lowest BCUT2D eigenvalue weighted by Gasteiger charge is -2.08. The summed E-state index contributed by atoms with van der Waals surface area (Å²) in [4.78, 5) is 0. The molecule has 0 aliphatic carbocycles. The van der Waals surface area contributed by atoms with E-state index >= 15 is 0 Å². The van der Waals surface area contributed by atoms with Gasteiger partial charge in [0.2, 0.25) is 0 Å². The van der Waals surface area contributed by atoms with Crippen molar-refractivity contribution in [2.24, 2.45) is 10.8 Å². The zero-order chi connectivity index (χ0) is 9.10. The molecule has 0 atom stereocenters. The van der Waals surface area contributed by atoms with E-state index in [0.29, 0.717) is 6.67 Å². The molecule has 13 heavy (non-hydrogen) atoms. The molecule has 0 amide bonds. The molecule has 0 saturated heterocycles. The second-order valence-electron chi connectivity index (χ2n) is 2.79. The normalized spacial score (nSPS) is 14.1. The first-order valence-corrected chi connectivity index (χ1v) is 4.19. The maximum Gasteiger partial charge on any atom is 0.0908 e. The van der Waals surface area contributed by atoms with Crippen molar-refractivity contribution in [1.82, 2.24) is 5.01 Å². The van der Waals surface area contributed by atoms with E-state index in [9.17, 15) is 0 Å². The summed E-state index contributed by atoms with van der Waals surface area (Å²) in [6, 6.07) is 7.97. The van der Waals surface area contributed by atoms with Gasteiger partial charge in [0, 0.05) is 11.4 Å². The lowest BCUT2D eigenvalue weighted by Crippen LogP contribution is -2.28. The van der Waals surface area contributed by atoms with Gasteiger partial charge in [0.15, 0.2) is 0 Å². The highest BCUT2D eigenvalue weighted by atomic mass is 15.5. The Hall–Kier alpha value is -1.61. The van der Waals surface area contributed by atoms with Crippen LogP contribution in [0.15, 0.2) is 41.6 Å². The molecule has 3 nitrogen and oxygen atoms in total. The van der Waals surface area contributed by atoms with Crippen molar-refractivity contribution >= 4 is 6.08 Å². The first kappa shape index (κ1) is 8.01. The van der Waals surface area contributed by atoms with Crippen LogP contribution in [0.25, 0.3) is 6.08 Å². The summed E-state index contributed by atoms with van der Waals surface area (Å²) in [7, 11) is 0. The minimum absolute atomic E-state index is 0.401. The Morgan fingerprint density at radius 2 is 2.15 bits per heavy atom. The number of hydrogen-bond acceptors (Lipinski definition) is 3. The molecular formula is C10H11N3. The van der Waals surface area contributed by atoms with Gasteiger partial charge in [-0.25, -0.2) is 0 Å². The second-order valence-corrected chi connectivity index (χ2v) is 2.79. The van der Waals surface area contributed by atoms with Gasteiger partial charge in [-0.05, 0) is 12.1 Å². The van der Waals surface area contributed by atoms with Gasteiger partial charge in [-0.3, -0.25) is 5.01 Å². The lowest BCUT2D eigenvalue weighted by atomic mass is 10.3. The standard InChI is InChI=1S/C10H11N3/c11-8-13-7-3-5-9-4-1-2-6-10(9)12-13/h1-7H,8,11H2. The van der Waals surface area contributed by atoms with Crippen molar-refractivity contribution in [3.05, 3.63) is 47.1 Å². The van der Waals surface area contributed by atoms with Gasteiger partial charge < -0.3 is 5.73 Å². The molecule has 2 rings (SSSR count). The van der Waals surface area contributed by atoms with E-state index in [1.54, 1.807) is 5.01 Å². The zero-order valence-electron chi connectivity index (χ0n) is 7.22. The van der Waals surface area contributed by atoms with Gasteiger partial charge in [-0.1, -0.05) is 24.3 Å². The molecule has 1 aliphatic heterocycles. The highest BCUT2D eigenvalue weighted by Gasteiger charge is 1.94. The molecule has 0 fully saturated rings. The predicted molar refractivity (Wildman–Crippen MR) is 51.7 cm³/mol. The number of benzene rings is 1. The smallest absolute Gasteiger partial charge is 0.0908 e. The fourth-order valence-corrected chi connectivity index (χ4v) is 1.24. The van der Waals surface area contributed by atoms with Crippen molar-refractivity contribution in [2.45, 2.75) is 0 Å². The molecule has 3 heteroatoms. The van der Waals surface area contributed by atoms with Crippen LogP contribution < -0.4 is 16.3 Å². The number of rotatable bonds is 1. The largest absolute Gasteiger partial charge is 0.312 e.